The van der Waals surface area contributed by atoms with Gasteiger partial charge < -0.3 is 20.3 Å². The van der Waals surface area contributed by atoms with Gasteiger partial charge in [-0.3, -0.25) is 10.8 Å². The summed E-state index contributed by atoms with van der Waals surface area (Å²) in [4.78, 5) is 0. The molecule has 2 aromatic carbocycles. The monoisotopic (exact) mass is 360 g/mol. The number of fused-ring (bicyclic) bond motifs is 2. The summed E-state index contributed by atoms with van der Waals surface area (Å²) in [6.07, 6.45) is 0.684. The molecule has 6 N–H and O–H groups in total. The molecule has 4 aromatic rings. The SMILES string of the molecule is CC(Cc1cc2cc(C(=N)N)ccc2o1)c1cc2cc(C(=N)N)ccc2o1. The molecule has 0 spiro atoms. The Balaban J connectivity index is 1.60. The van der Waals surface area contributed by atoms with E-state index in [0.717, 1.165) is 33.5 Å². The lowest BCUT2D eigenvalue weighted by Crippen LogP contribution is -2.10. The van der Waals surface area contributed by atoms with Crippen molar-refractivity contribution in [2.24, 2.45) is 11.5 Å². The highest BCUT2D eigenvalue weighted by Crippen LogP contribution is 2.30. The van der Waals surface area contributed by atoms with Crippen LogP contribution in [0.1, 0.15) is 35.5 Å². The fourth-order valence-electron chi connectivity index (χ4n) is 3.24. The summed E-state index contributed by atoms with van der Waals surface area (Å²) in [5.74, 6) is 1.91. The second-order valence-corrected chi connectivity index (χ2v) is 6.80. The zero-order valence-electron chi connectivity index (χ0n) is 14.9. The standard InChI is InChI=1S/C21H20N4O2/c1-11(19-10-15-8-13(21(24)25)3-5-18(15)27-19)6-16-9-14-7-12(20(22)23)2-4-17(14)26-16/h2-5,7-11H,6H2,1H3,(H3,22,23)(H3,24,25). The van der Waals surface area contributed by atoms with Gasteiger partial charge in [0, 0.05) is 34.2 Å². The second kappa shape index (κ2) is 6.32. The van der Waals surface area contributed by atoms with Crippen molar-refractivity contribution < 1.29 is 8.83 Å². The maximum absolute atomic E-state index is 7.56. The first-order valence-corrected chi connectivity index (χ1v) is 8.65. The predicted molar refractivity (Wildman–Crippen MR) is 107 cm³/mol. The highest BCUT2D eigenvalue weighted by Gasteiger charge is 2.16. The van der Waals surface area contributed by atoms with Crippen molar-refractivity contribution in [2.75, 3.05) is 0 Å². The van der Waals surface area contributed by atoms with Crippen molar-refractivity contribution in [3.63, 3.8) is 0 Å². The summed E-state index contributed by atoms with van der Waals surface area (Å²) < 4.78 is 11.9. The van der Waals surface area contributed by atoms with Crippen LogP contribution in [0.3, 0.4) is 0 Å². The predicted octanol–water partition coefficient (Wildman–Crippen LogP) is 4.09. The Morgan fingerprint density at radius 1 is 0.852 bits per heavy atom. The maximum atomic E-state index is 7.56. The van der Waals surface area contributed by atoms with Gasteiger partial charge in [0.25, 0.3) is 0 Å². The number of amidine groups is 2. The quantitative estimate of drug-likeness (QED) is 0.316. The molecule has 0 amide bonds. The lowest BCUT2D eigenvalue weighted by molar-refractivity contribution is 0.469. The lowest BCUT2D eigenvalue weighted by atomic mass is 10.0. The Labute approximate surface area is 155 Å². The van der Waals surface area contributed by atoms with Gasteiger partial charge in [-0.1, -0.05) is 6.92 Å². The average Bonchev–Trinajstić information content (AvgIpc) is 3.23. The van der Waals surface area contributed by atoms with E-state index in [2.05, 4.69) is 6.92 Å². The van der Waals surface area contributed by atoms with E-state index in [-0.39, 0.29) is 17.6 Å². The number of furan rings is 2. The molecule has 0 aliphatic rings. The second-order valence-electron chi connectivity index (χ2n) is 6.80. The Kier molecular flexibility index (Phi) is 3.96. The molecule has 1 atom stereocenters. The van der Waals surface area contributed by atoms with Gasteiger partial charge in [0.15, 0.2) is 0 Å². The highest BCUT2D eigenvalue weighted by molar-refractivity contribution is 5.99. The first-order valence-electron chi connectivity index (χ1n) is 8.65. The largest absolute Gasteiger partial charge is 0.461 e. The maximum Gasteiger partial charge on any atom is 0.134 e. The normalized spacial score (nSPS) is 12.5. The Bertz CT molecular complexity index is 1190. The third kappa shape index (κ3) is 3.17. The molecule has 4 rings (SSSR count). The molecule has 0 saturated heterocycles. The van der Waals surface area contributed by atoms with E-state index >= 15 is 0 Å². The van der Waals surface area contributed by atoms with Gasteiger partial charge in [-0.2, -0.15) is 0 Å². The number of benzene rings is 2. The van der Waals surface area contributed by atoms with Gasteiger partial charge in [-0.25, -0.2) is 0 Å². The minimum Gasteiger partial charge on any atom is -0.461 e. The van der Waals surface area contributed by atoms with Gasteiger partial charge in [0.2, 0.25) is 0 Å². The van der Waals surface area contributed by atoms with Crippen molar-refractivity contribution >= 4 is 33.6 Å². The summed E-state index contributed by atoms with van der Waals surface area (Å²) in [5, 5.41) is 17.0. The molecule has 0 fully saturated rings. The third-order valence-corrected chi connectivity index (χ3v) is 4.72. The number of hydrogen-bond donors (Lipinski definition) is 4. The van der Waals surface area contributed by atoms with Gasteiger partial charge in [-0.05, 0) is 48.5 Å². The van der Waals surface area contributed by atoms with E-state index < -0.39 is 0 Å². The lowest BCUT2D eigenvalue weighted by Gasteiger charge is -2.05. The highest BCUT2D eigenvalue weighted by atomic mass is 16.3. The molecular formula is C21H20N4O2. The van der Waals surface area contributed by atoms with Crippen LogP contribution in [0, 0.1) is 10.8 Å². The topological polar surface area (TPSA) is 126 Å². The smallest absolute Gasteiger partial charge is 0.134 e. The Morgan fingerprint density at radius 2 is 1.41 bits per heavy atom. The van der Waals surface area contributed by atoms with Gasteiger partial charge in [0.1, 0.15) is 34.4 Å². The van der Waals surface area contributed by atoms with Gasteiger partial charge in [0.05, 0.1) is 0 Å². The average molecular weight is 360 g/mol. The zero-order valence-corrected chi connectivity index (χ0v) is 14.9. The summed E-state index contributed by atoms with van der Waals surface area (Å²) in [7, 11) is 0. The minimum atomic E-state index is 0.0416. The molecular weight excluding hydrogens is 340 g/mol. The van der Waals surface area contributed by atoms with Crippen LogP contribution >= 0.6 is 0 Å². The van der Waals surface area contributed by atoms with Crippen molar-refractivity contribution in [2.45, 2.75) is 19.3 Å². The van der Waals surface area contributed by atoms with Gasteiger partial charge in [-0.15, -0.1) is 0 Å². The summed E-state index contributed by atoms with van der Waals surface area (Å²) in [5.41, 5.74) is 14.0. The summed E-state index contributed by atoms with van der Waals surface area (Å²) >= 11 is 0. The molecule has 6 nitrogen and oxygen atoms in total. The van der Waals surface area contributed by atoms with Crippen molar-refractivity contribution in [3.05, 3.63) is 71.2 Å². The number of hydrogen-bond acceptors (Lipinski definition) is 4. The van der Waals surface area contributed by atoms with E-state index in [1.54, 1.807) is 12.1 Å². The van der Waals surface area contributed by atoms with E-state index in [1.165, 1.54) is 0 Å². The van der Waals surface area contributed by atoms with Gasteiger partial charge >= 0.3 is 0 Å². The molecule has 0 bridgehead atoms. The molecule has 27 heavy (non-hydrogen) atoms. The van der Waals surface area contributed by atoms with Crippen LogP contribution in [-0.2, 0) is 6.42 Å². The number of nitrogens with one attached hydrogen (secondary N) is 2. The first-order chi connectivity index (χ1) is 12.9. The number of nitrogen functional groups attached to an aromatic ring is 2. The molecule has 0 aliphatic carbocycles. The molecule has 6 heteroatoms. The molecule has 2 aromatic heterocycles. The van der Waals surface area contributed by atoms with E-state index in [4.69, 9.17) is 31.1 Å². The summed E-state index contributed by atoms with van der Waals surface area (Å²) in [6, 6.07) is 14.9. The van der Waals surface area contributed by atoms with Crippen LogP contribution in [0.25, 0.3) is 21.9 Å². The van der Waals surface area contributed by atoms with Crippen LogP contribution in [0.5, 0.6) is 0 Å². The van der Waals surface area contributed by atoms with Crippen molar-refractivity contribution in [1.82, 2.24) is 0 Å². The zero-order chi connectivity index (χ0) is 19.1. The molecule has 0 saturated carbocycles. The van der Waals surface area contributed by atoms with Crippen LogP contribution in [0.4, 0.5) is 0 Å². The summed E-state index contributed by atoms with van der Waals surface area (Å²) in [6.45, 7) is 2.08. The van der Waals surface area contributed by atoms with Crippen molar-refractivity contribution in [1.29, 1.82) is 10.8 Å². The molecule has 0 aliphatic heterocycles. The number of nitrogens with two attached hydrogens (primary N) is 2. The van der Waals surface area contributed by atoms with E-state index in [0.29, 0.717) is 17.5 Å². The van der Waals surface area contributed by atoms with Crippen LogP contribution < -0.4 is 11.5 Å². The fourth-order valence-corrected chi connectivity index (χ4v) is 3.24. The Hall–Kier alpha value is -3.54. The molecule has 1 unspecified atom stereocenters. The minimum absolute atomic E-state index is 0.0416. The molecule has 2 heterocycles. The molecule has 136 valence electrons. The van der Waals surface area contributed by atoms with Crippen LogP contribution in [0.2, 0.25) is 0 Å². The molecule has 0 radical (unpaired) electrons. The number of rotatable bonds is 5. The Morgan fingerprint density at radius 3 is 2.00 bits per heavy atom. The van der Waals surface area contributed by atoms with Crippen molar-refractivity contribution in [3.8, 4) is 0 Å². The van der Waals surface area contributed by atoms with E-state index in [9.17, 15) is 0 Å². The fraction of sp³-hybridized carbons (Fsp3) is 0.143. The third-order valence-electron chi connectivity index (χ3n) is 4.72. The van der Waals surface area contributed by atoms with Crippen LogP contribution in [-0.4, -0.2) is 11.7 Å². The first kappa shape index (κ1) is 16.9. The van der Waals surface area contributed by atoms with E-state index in [1.807, 2.05) is 36.4 Å². The van der Waals surface area contributed by atoms with Crippen LogP contribution in [0.15, 0.2) is 57.4 Å².